The predicted molar refractivity (Wildman–Crippen MR) is 127 cm³/mol. The molecule has 0 fully saturated rings. The fraction of sp³-hybridized carbons (Fsp3) is 0.560. The smallest absolute Gasteiger partial charge is 0.408 e. The first kappa shape index (κ1) is 28.0. The summed E-state index contributed by atoms with van der Waals surface area (Å²) >= 11 is 0. The van der Waals surface area contributed by atoms with E-state index in [1.54, 1.807) is 32.9 Å². The summed E-state index contributed by atoms with van der Waals surface area (Å²) in [5, 5.41) is 15.0. The number of nitrogens with one attached hydrogen (secondary N) is 2. The zero-order valence-corrected chi connectivity index (χ0v) is 20.5. The number of ether oxygens (including phenoxy) is 1. The van der Waals surface area contributed by atoms with Crippen LogP contribution in [0.25, 0.3) is 0 Å². The van der Waals surface area contributed by atoms with E-state index in [9.17, 15) is 19.5 Å². The largest absolute Gasteiger partial charge is 0.444 e. The minimum absolute atomic E-state index is 0.430. The van der Waals surface area contributed by atoms with Crippen LogP contribution in [0.2, 0.25) is 0 Å². The van der Waals surface area contributed by atoms with Crippen LogP contribution in [0, 0.1) is 26.3 Å². The molecule has 2 atom stereocenters. The lowest BCUT2D eigenvalue weighted by atomic mass is 9.95. The molecule has 2 unspecified atom stereocenters. The molecule has 0 aliphatic carbocycles. The second-order valence-electron chi connectivity index (χ2n) is 8.91. The molecule has 1 aromatic carbocycles. The van der Waals surface area contributed by atoms with E-state index in [0.717, 1.165) is 35.3 Å². The summed E-state index contributed by atoms with van der Waals surface area (Å²) in [4.78, 5) is 39.6. The van der Waals surface area contributed by atoms with Gasteiger partial charge in [0.05, 0.1) is 6.61 Å². The Bertz CT molecular complexity index is 870. The van der Waals surface area contributed by atoms with Gasteiger partial charge in [-0.05, 0) is 57.7 Å². The Labute approximate surface area is 197 Å². The van der Waals surface area contributed by atoms with Crippen molar-refractivity contribution in [2.45, 2.75) is 78.5 Å². The van der Waals surface area contributed by atoms with Crippen molar-refractivity contribution < 1.29 is 24.2 Å². The number of unbranched alkanes of at least 4 members (excludes halogenated alkanes) is 2. The number of carbonyl (C=O) groups excluding carboxylic acids is 3. The maximum Gasteiger partial charge on any atom is 0.408 e. The van der Waals surface area contributed by atoms with E-state index in [2.05, 4.69) is 23.6 Å². The third-order valence-corrected chi connectivity index (χ3v) is 5.08. The molecule has 33 heavy (non-hydrogen) atoms. The van der Waals surface area contributed by atoms with Crippen molar-refractivity contribution in [3.05, 3.63) is 34.9 Å². The van der Waals surface area contributed by atoms with Gasteiger partial charge >= 0.3 is 6.09 Å². The molecule has 0 aliphatic heterocycles. The lowest BCUT2D eigenvalue weighted by Crippen LogP contribution is -2.53. The van der Waals surface area contributed by atoms with Gasteiger partial charge in [0.2, 0.25) is 5.91 Å². The molecule has 8 nitrogen and oxygen atoms in total. The van der Waals surface area contributed by atoms with Gasteiger partial charge in [0.25, 0.3) is 5.91 Å². The SMILES string of the molecule is C#CN(C(=O)C(CO)NC(=O)OC(C)(C)C)C(C(=O)NCCCCC)c1cccc(C)c1C. The zero-order chi connectivity index (χ0) is 25.2. The standard InChI is InChI=1S/C25H37N3O5/c1-8-10-11-15-26-22(30)21(19-14-12-13-17(3)18(19)4)28(9-2)23(31)20(16-29)27-24(32)33-25(5,6)7/h2,12-14,20-21,29H,8,10-11,15-16H2,1,3-7H3,(H,26,30)(H,27,32). The average molecular weight is 460 g/mol. The first-order chi connectivity index (χ1) is 15.5. The van der Waals surface area contributed by atoms with Crippen LogP contribution in [0.3, 0.4) is 0 Å². The monoisotopic (exact) mass is 459 g/mol. The third kappa shape index (κ3) is 8.43. The molecule has 182 valence electrons. The van der Waals surface area contributed by atoms with Gasteiger partial charge < -0.3 is 20.5 Å². The first-order valence-corrected chi connectivity index (χ1v) is 11.2. The molecule has 0 spiro atoms. The highest BCUT2D eigenvalue weighted by atomic mass is 16.6. The highest BCUT2D eigenvalue weighted by Gasteiger charge is 2.36. The van der Waals surface area contributed by atoms with E-state index in [-0.39, 0.29) is 0 Å². The van der Waals surface area contributed by atoms with Crippen molar-refractivity contribution in [3.8, 4) is 12.5 Å². The molecule has 3 amide bonds. The Morgan fingerprint density at radius 1 is 1.21 bits per heavy atom. The van der Waals surface area contributed by atoms with Crippen LogP contribution in [0.15, 0.2) is 18.2 Å². The number of carbonyl (C=O) groups is 3. The lowest BCUT2D eigenvalue weighted by Gasteiger charge is -2.30. The number of nitrogens with zero attached hydrogens (tertiary/aromatic N) is 1. The number of hydrogen-bond donors (Lipinski definition) is 3. The number of amides is 3. The number of aliphatic hydroxyl groups excluding tert-OH is 1. The molecule has 1 aromatic rings. The van der Waals surface area contributed by atoms with Crippen LogP contribution < -0.4 is 10.6 Å². The fourth-order valence-corrected chi connectivity index (χ4v) is 3.22. The maximum atomic E-state index is 13.3. The molecule has 1 rings (SSSR count). The molecule has 0 aromatic heterocycles. The molecular weight excluding hydrogens is 422 g/mol. The van der Waals surface area contributed by atoms with Gasteiger partial charge in [0.1, 0.15) is 17.7 Å². The fourth-order valence-electron chi connectivity index (χ4n) is 3.22. The van der Waals surface area contributed by atoms with Crippen LogP contribution in [0.1, 0.15) is 69.7 Å². The van der Waals surface area contributed by atoms with Crippen molar-refractivity contribution in [1.29, 1.82) is 0 Å². The number of aryl methyl sites for hydroxylation is 1. The van der Waals surface area contributed by atoms with E-state index < -0.39 is 42.2 Å². The Morgan fingerprint density at radius 3 is 2.42 bits per heavy atom. The quantitative estimate of drug-likeness (QED) is 0.283. The summed E-state index contributed by atoms with van der Waals surface area (Å²) in [6.45, 7) is 10.6. The van der Waals surface area contributed by atoms with Crippen LogP contribution in [-0.4, -0.2) is 52.7 Å². The van der Waals surface area contributed by atoms with E-state index in [0.29, 0.717) is 12.1 Å². The summed E-state index contributed by atoms with van der Waals surface area (Å²) in [5.74, 6) is -1.22. The predicted octanol–water partition coefficient (Wildman–Crippen LogP) is 2.96. The van der Waals surface area contributed by atoms with Gasteiger partial charge in [-0.15, -0.1) is 0 Å². The molecule has 0 bridgehead atoms. The first-order valence-electron chi connectivity index (χ1n) is 11.2. The summed E-state index contributed by atoms with van der Waals surface area (Å²) in [6.07, 6.45) is 7.57. The minimum atomic E-state index is -1.38. The van der Waals surface area contributed by atoms with Crippen LogP contribution in [0.4, 0.5) is 4.79 Å². The van der Waals surface area contributed by atoms with Gasteiger partial charge in [-0.2, -0.15) is 0 Å². The Balaban J connectivity index is 3.28. The number of benzene rings is 1. The van der Waals surface area contributed by atoms with Crippen molar-refractivity contribution in [2.75, 3.05) is 13.2 Å². The second-order valence-corrected chi connectivity index (χ2v) is 8.91. The summed E-state index contributed by atoms with van der Waals surface area (Å²) < 4.78 is 5.17. The minimum Gasteiger partial charge on any atom is -0.444 e. The number of terminal acetylenes is 1. The van der Waals surface area contributed by atoms with E-state index in [4.69, 9.17) is 11.2 Å². The Hall–Kier alpha value is -3.05. The molecule has 0 radical (unpaired) electrons. The normalized spacial score (nSPS) is 12.8. The number of alkyl carbamates (subject to hydrolysis) is 1. The van der Waals surface area contributed by atoms with Crippen molar-refractivity contribution >= 4 is 17.9 Å². The van der Waals surface area contributed by atoms with Crippen molar-refractivity contribution in [1.82, 2.24) is 15.5 Å². The number of rotatable bonds is 10. The molecule has 0 aliphatic rings. The molecule has 8 heteroatoms. The van der Waals surface area contributed by atoms with Gasteiger partial charge in [-0.25, -0.2) is 4.79 Å². The van der Waals surface area contributed by atoms with E-state index >= 15 is 0 Å². The summed E-state index contributed by atoms with van der Waals surface area (Å²) in [5.41, 5.74) is 1.54. The van der Waals surface area contributed by atoms with Gasteiger partial charge in [-0.1, -0.05) is 44.4 Å². The van der Waals surface area contributed by atoms with E-state index in [1.807, 2.05) is 19.9 Å². The van der Waals surface area contributed by atoms with Gasteiger partial charge in [0, 0.05) is 12.6 Å². The van der Waals surface area contributed by atoms with Crippen molar-refractivity contribution in [3.63, 3.8) is 0 Å². The Kier molecular flexibility index (Phi) is 10.9. The number of aliphatic hydroxyl groups is 1. The third-order valence-electron chi connectivity index (χ3n) is 5.08. The van der Waals surface area contributed by atoms with Crippen molar-refractivity contribution in [2.24, 2.45) is 0 Å². The van der Waals surface area contributed by atoms with Crippen LogP contribution in [-0.2, 0) is 14.3 Å². The lowest BCUT2D eigenvalue weighted by molar-refractivity contribution is -0.139. The van der Waals surface area contributed by atoms with Crippen LogP contribution >= 0.6 is 0 Å². The highest BCUT2D eigenvalue weighted by molar-refractivity contribution is 5.93. The molecular formula is C25H37N3O5. The second kappa shape index (κ2) is 12.9. The van der Waals surface area contributed by atoms with Gasteiger partial charge in [-0.3, -0.25) is 14.5 Å². The summed E-state index contributed by atoms with van der Waals surface area (Å²) in [7, 11) is 0. The Morgan fingerprint density at radius 2 is 1.88 bits per heavy atom. The molecule has 0 saturated carbocycles. The molecule has 3 N–H and O–H groups in total. The van der Waals surface area contributed by atoms with Crippen LogP contribution in [0.5, 0.6) is 0 Å². The molecule has 0 saturated heterocycles. The average Bonchev–Trinajstić information content (AvgIpc) is 2.73. The highest BCUT2D eigenvalue weighted by Crippen LogP contribution is 2.27. The summed E-state index contributed by atoms with van der Waals surface area (Å²) in [6, 6.07) is 5.21. The zero-order valence-electron chi connectivity index (χ0n) is 20.5. The van der Waals surface area contributed by atoms with Gasteiger partial charge in [0.15, 0.2) is 0 Å². The number of hydrogen-bond acceptors (Lipinski definition) is 5. The molecule has 0 heterocycles. The topological polar surface area (TPSA) is 108 Å². The van der Waals surface area contributed by atoms with E-state index in [1.165, 1.54) is 0 Å². The maximum absolute atomic E-state index is 13.3.